The lowest BCUT2D eigenvalue weighted by Gasteiger charge is -2.34. The average Bonchev–Trinajstić information content (AvgIpc) is 2.91. The van der Waals surface area contributed by atoms with Gasteiger partial charge in [-0.25, -0.2) is 0 Å². The van der Waals surface area contributed by atoms with Crippen molar-refractivity contribution < 1.29 is 29.4 Å². The number of piperidine rings is 1. The fourth-order valence-electron chi connectivity index (χ4n) is 3.65. The predicted molar refractivity (Wildman–Crippen MR) is 98.4 cm³/mol. The van der Waals surface area contributed by atoms with E-state index >= 15 is 0 Å². The van der Waals surface area contributed by atoms with Gasteiger partial charge in [-0.3, -0.25) is 29.4 Å². The summed E-state index contributed by atoms with van der Waals surface area (Å²) in [6, 6.07) is 3.82. The van der Waals surface area contributed by atoms with E-state index in [1.165, 1.54) is 13.8 Å². The molecule has 9 heteroatoms. The Morgan fingerprint density at radius 1 is 1.11 bits per heavy atom. The molecule has 3 N–H and O–H groups in total. The van der Waals surface area contributed by atoms with Crippen LogP contribution in [0.25, 0.3) is 0 Å². The monoisotopic (exact) mass is 389 g/mol. The fourth-order valence-corrected chi connectivity index (χ4v) is 3.65. The van der Waals surface area contributed by atoms with E-state index in [1.807, 2.05) is 4.90 Å². The minimum Gasteiger partial charge on any atom is -0.371 e. The Morgan fingerprint density at radius 3 is 2.29 bits per heavy atom. The van der Waals surface area contributed by atoms with Crippen LogP contribution >= 0.6 is 0 Å². The SMILES string of the molecule is CC(=O)NC(=O)C(C)N1C(=O)c2ccc(N3CCC(C(O)O)CC3)cc2C1=O. The van der Waals surface area contributed by atoms with Crippen molar-refractivity contribution in [3.63, 3.8) is 0 Å². The number of fused-ring (bicyclic) bond motifs is 1. The average molecular weight is 389 g/mol. The molecule has 0 aromatic heterocycles. The number of carbonyl (C=O) groups excluding carboxylic acids is 4. The van der Waals surface area contributed by atoms with Gasteiger partial charge in [0.25, 0.3) is 11.8 Å². The van der Waals surface area contributed by atoms with E-state index in [0.717, 1.165) is 10.6 Å². The number of imide groups is 2. The van der Waals surface area contributed by atoms with E-state index in [0.29, 0.717) is 25.9 Å². The molecule has 1 saturated heterocycles. The lowest BCUT2D eigenvalue weighted by Crippen LogP contribution is -2.48. The van der Waals surface area contributed by atoms with Crippen molar-refractivity contribution in [3.8, 4) is 0 Å². The van der Waals surface area contributed by atoms with Gasteiger partial charge in [-0.2, -0.15) is 0 Å². The van der Waals surface area contributed by atoms with E-state index in [4.69, 9.17) is 0 Å². The molecular weight excluding hydrogens is 366 g/mol. The second-order valence-corrected chi connectivity index (χ2v) is 7.17. The van der Waals surface area contributed by atoms with Gasteiger partial charge < -0.3 is 15.1 Å². The molecule has 0 radical (unpaired) electrons. The molecule has 1 unspecified atom stereocenters. The first kappa shape index (κ1) is 20.0. The molecule has 1 fully saturated rings. The zero-order valence-electron chi connectivity index (χ0n) is 15.7. The van der Waals surface area contributed by atoms with Crippen LogP contribution in [0, 0.1) is 5.92 Å². The number of benzene rings is 1. The molecule has 1 aromatic rings. The quantitative estimate of drug-likeness (QED) is 0.483. The Hall–Kier alpha value is -2.78. The number of nitrogens with one attached hydrogen (secondary N) is 1. The highest BCUT2D eigenvalue weighted by Gasteiger charge is 2.41. The van der Waals surface area contributed by atoms with E-state index in [-0.39, 0.29) is 17.0 Å². The van der Waals surface area contributed by atoms with Gasteiger partial charge in [0.1, 0.15) is 6.04 Å². The van der Waals surface area contributed by atoms with Crippen molar-refractivity contribution in [3.05, 3.63) is 29.3 Å². The molecule has 0 saturated carbocycles. The van der Waals surface area contributed by atoms with Gasteiger partial charge in [0.05, 0.1) is 11.1 Å². The minimum atomic E-state index is -1.34. The third-order valence-electron chi connectivity index (χ3n) is 5.29. The molecule has 2 aliphatic rings. The molecular formula is C19H23N3O6. The lowest BCUT2D eigenvalue weighted by atomic mass is 9.95. The number of amides is 4. The Labute approximate surface area is 161 Å². The molecule has 9 nitrogen and oxygen atoms in total. The number of anilines is 1. The van der Waals surface area contributed by atoms with Crippen LogP contribution < -0.4 is 10.2 Å². The van der Waals surface area contributed by atoms with Crippen LogP contribution in [0.3, 0.4) is 0 Å². The molecule has 2 aliphatic heterocycles. The summed E-state index contributed by atoms with van der Waals surface area (Å²) in [5, 5.41) is 20.7. The molecule has 150 valence electrons. The molecule has 0 spiro atoms. The number of hydrogen-bond donors (Lipinski definition) is 3. The molecule has 4 amide bonds. The van der Waals surface area contributed by atoms with Gasteiger partial charge in [0.15, 0.2) is 6.29 Å². The van der Waals surface area contributed by atoms with E-state index in [2.05, 4.69) is 5.32 Å². The number of carbonyl (C=O) groups is 4. The Kier molecular flexibility index (Phi) is 5.48. The fraction of sp³-hybridized carbons (Fsp3) is 0.474. The van der Waals surface area contributed by atoms with Gasteiger partial charge in [0, 0.05) is 31.6 Å². The van der Waals surface area contributed by atoms with E-state index in [9.17, 15) is 29.4 Å². The van der Waals surface area contributed by atoms with E-state index < -0.39 is 36.0 Å². The van der Waals surface area contributed by atoms with Gasteiger partial charge in [0.2, 0.25) is 11.8 Å². The number of nitrogens with zero attached hydrogens (tertiary/aromatic N) is 2. The first-order chi connectivity index (χ1) is 13.2. The second kappa shape index (κ2) is 7.69. The minimum absolute atomic E-state index is 0.176. The van der Waals surface area contributed by atoms with Crippen LogP contribution in [-0.4, -0.2) is 64.2 Å². The molecule has 3 rings (SSSR count). The van der Waals surface area contributed by atoms with Crippen molar-refractivity contribution >= 4 is 29.3 Å². The number of hydrogen-bond acceptors (Lipinski definition) is 7. The number of aliphatic hydroxyl groups excluding tert-OH is 1. The van der Waals surface area contributed by atoms with Crippen LogP contribution in [-0.2, 0) is 9.59 Å². The Morgan fingerprint density at radius 2 is 1.71 bits per heavy atom. The summed E-state index contributed by atoms with van der Waals surface area (Å²) < 4.78 is 0. The van der Waals surface area contributed by atoms with Crippen molar-refractivity contribution in [1.29, 1.82) is 0 Å². The van der Waals surface area contributed by atoms with Crippen molar-refractivity contribution in [2.45, 2.75) is 39.0 Å². The summed E-state index contributed by atoms with van der Waals surface area (Å²) in [7, 11) is 0. The van der Waals surface area contributed by atoms with E-state index in [1.54, 1.807) is 18.2 Å². The zero-order valence-corrected chi connectivity index (χ0v) is 15.7. The van der Waals surface area contributed by atoms with Crippen molar-refractivity contribution in [1.82, 2.24) is 10.2 Å². The largest absolute Gasteiger partial charge is 0.371 e. The van der Waals surface area contributed by atoms with Crippen LogP contribution in [0.4, 0.5) is 5.69 Å². The van der Waals surface area contributed by atoms with Crippen LogP contribution in [0.5, 0.6) is 0 Å². The second-order valence-electron chi connectivity index (χ2n) is 7.17. The van der Waals surface area contributed by atoms with Crippen LogP contribution in [0.2, 0.25) is 0 Å². The number of rotatable bonds is 4. The first-order valence-corrected chi connectivity index (χ1v) is 9.15. The summed E-state index contributed by atoms with van der Waals surface area (Å²) in [5.41, 5.74) is 1.19. The topological polar surface area (TPSA) is 127 Å². The summed E-state index contributed by atoms with van der Waals surface area (Å²) in [5.74, 6) is -2.60. The van der Waals surface area contributed by atoms with Gasteiger partial charge >= 0.3 is 0 Å². The van der Waals surface area contributed by atoms with Crippen LogP contribution in [0.15, 0.2) is 18.2 Å². The summed E-state index contributed by atoms with van der Waals surface area (Å²) in [4.78, 5) is 51.4. The first-order valence-electron chi connectivity index (χ1n) is 9.15. The highest BCUT2D eigenvalue weighted by Crippen LogP contribution is 2.31. The van der Waals surface area contributed by atoms with Crippen molar-refractivity contribution in [2.24, 2.45) is 5.92 Å². The molecule has 1 atom stereocenters. The molecule has 28 heavy (non-hydrogen) atoms. The third-order valence-corrected chi connectivity index (χ3v) is 5.29. The normalized spacial score (nSPS) is 18.5. The molecule has 0 aliphatic carbocycles. The lowest BCUT2D eigenvalue weighted by molar-refractivity contribution is -0.131. The standard InChI is InChI=1S/C19H23N3O6/c1-10(16(24)20-11(2)23)22-17(25)14-4-3-13(9-15(14)18(22)26)21-7-5-12(6-8-21)19(27)28/h3-4,9-10,12,19,27-28H,5-8H2,1-2H3,(H,20,23,24). The summed E-state index contributed by atoms with van der Waals surface area (Å²) >= 11 is 0. The highest BCUT2D eigenvalue weighted by atomic mass is 16.5. The zero-order chi connectivity index (χ0) is 20.6. The highest BCUT2D eigenvalue weighted by molar-refractivity contribution is 6.23. The maximum Gasteiger partial charge on any atom is 0.262 e. The Bertz CT molecular complexity index is 829. The van der Waals surface area contributed by atoms with Gasteiger partial charge in [-0.1, -0.05) is 0 Å². The van der Waals surface area contributed by atoms with Gasteiger partial charge in [-0.15, -0.1) is 0 Å². The molecule has 0 bridgehead atoms. The van der Waals surface area contributed by atoms with Crippen molar-refractivity contribution in [2.75, 3.05) is 18.0 Å². The summed E-state index contributed by atoms with van der Waals surface area (Å²) in [6.45, 7) is 3.78. The molecule has 1 aromatic carbocycles. The third kappa shape index (κ3) is 3.63. The smallest absolute Gasteiger partial charge is 0.262 e. The van der Waals surface area contributed by atoms with Crippen LogP contribution in [0.1, 0.15) is 47.4 Å². The van der Waals surface area contributed by atoms with Gasteiger partial charge in [-0.05, 0) is 38.0 Å². The predicted octanol–water partition coefficient (Wildman–Crippen LogP) is -0.139. The maximum absolute atomic E-state index is 12.8. The maximum atomic E-state index is 12.8. The summed E-state index contributed by atoms with van der Waals surface area (Å²) in [6.07, 6.45) is -0.121. The molecule has 2 heterocycles. The Balaban J connectivity index is 1.79. The number of aliphatic hydroxyl groups is 2.